The van der Waals surface area contributed by atoms with Crippen molar-refractivity contribution in [3.63, 3.8) is 0 Å². The molecule has 9 heteroatoms. The van der Waals surface area contributed by atoms with Gasteiger partial charge in [-0.15, -0.1) is 12.4 Å². The molecule has 0 aromatic carbocycles. The smallest absolute Gasteiger partial charge is 0.240 e. The summed E-state index contributed by atoms with van der Waals surface area (Å²) in [5.74, 6) is 1.65. The first-order valence-electron chi connectivity index (χ1n) is 8.24. The predicted octanol–water partition coefficient (Wildman–Crippen LogP) is 0.453. The lowest BCUT2D eigenvalue weighted by Gasteiger charge is -2.31. The second kappa shape index (κ2) is 8.75. The lowest BCUT2D eigenvalue weighted by Crippen LogP contribution is -2.52. The van der Waals surface area contributed by atoms with Gasteiger partial charge in [0.1, 0.15) is 6.10 Å². The molecule has 2 saturated heterocycles. The van der Waals surface area contributed by atoms with Gasteiger partial charge < -0.3 is 19.5 Å². The van der Waals surface area contributed by atoms with E-state index in [-0.39, 0.29) is 24.4 Å². The van der Waals surface area contributed by atoms with Crippen LogP contribution in [0.5, 0.6) is 0 Å². The maximum Gasteiger partial charge on any atom is 0.240 e. The van der Waals surface area contributed by atoms with E-state index in [1.165, 1.54) is 0 Å². The average molecular weight is 360 g/mol. The van der Waals surface area contributed by atoms with Gasteiger partial charge >= 0.3 is 0 Å². The van der Waals surface area contributed by atoms with Crippen molar-refractivity contribution in [1.82, 2.24) is 25.3 Å². The number of methoxy groups -OCH3 is 1. The van der Waals surface area contributed by atoms with Gasteiger partial charge in [0.05, 0.1) is 12.5 Å². The monoisotopic (exact) mass is 359 g/mol. The summed E-state index contributed by atoms with van der Waals surface area (Å²) < 4.78 is 10.5. The van der Waals surface area contributed by atoms with Crippen molar-refractivity contribution in [3.8, 4) is 0 Å². The molecule has 0 bridgehead atoms. The summed E-state index contributed by atoms with van der Waals surface area (Å²) in [6.45, 7) is 7.53. The van der Waals surface area contributed by atoms with Gasteiger partial charge in [0.25, 0.3) is 0 Å². The van der Waals surface area contributed by atoms with Crippen molar-refractivity contribution < 1.29 is 14.1 Å². The summed E-state index contributed by atoms with van der Waals surface area (Å²) in [6, 6.07) is 0. The Balaban J connectivity index is 0.00000208. The highest BCUT2D eigenvalue weighted by atomic mass is 35.5. The Morgan fingerprint density at radius 1 is 1.38 bits per heavy atom. The number of halogens is 1. The van der Waals surface area contributed by atoms with E-state index in [0.717, 1.165) is 45.7 Å². The molecule has 1 aromatic heterocycles. The van der Waals surface area contributed by atoms with Crippen molar-refractivity contribution in [1.29, 1.82) is 0 Å². The molecule has 1 aromatic rings. The third kappa shape index (κ3) is 4.44. The van der Waals surface area contributed by atoms with Crippen LogP contribution in [-0.2, 0) is 16.1 Å². The third-order valence-electron chi connectivity index (χ3n) is 4.59. The molecule has 1 N–H and O–H groups in total. The number of hydrogen-bond donors (Lipinski definition) is 1. The van der Waals surface area contributed by atoms with Crippen molar-refractivity contribution in [2.24, 2.45) is 5.92 Å². The second-order valence-corrected chi connectivity index (χ2v) is 6.23. The topological polar surface area (TPSA) is 83.7 Å². The van der Waals surface area contributed by atoms with Crippen LogP contribution in [-0.4, -0.2) is 72.2 Å². The lowest BCUT2D eigenvalue weighted by atomic mass is 10.0. The number of nitrogens with one attached hydrogen (secondary N) is 1. The van der Waals surface area contributed by atoms with Crippen LogP contribution < -0.4 is 5.32 Å². The third-order valence-corrected chi connectivity index (χ3v) is 4.59. The second-order valence-electron chi connectivity index (χ2n) is 6.23. The highest BCUT2D eigenvalue weighted by Crippen LogP contribution is 2.15. The Morgan fingerprint density at radius 3 is 2.83 bits per heavy atom. The van der Waals surface area contributed by atoms with E-state index in [2.05, 4.69) is 20.4 Å². The molecular weight excluding hydrogens is 334 g/mol. The Kier molecular flexibility index (Phi) is 6.97. The van der Waals surface area contributed by atoms with E-state index >= 15 is 0 Å². The van der Waals surface area contributed by atoms with E-state index < -0.39 is 0 Å². The van der Waals surface area contributed by atoms with Crippen LogP contribution >= 0.6 is 12.4 Å². The van der Waals surface area contributed by atoms with Gasteiger partial charge in [0.2, 0.25) is 11.8 Å². The Hall–Kier alpha value is -1.22. The molecule has 2 aliphatic heterocycles. The molecule has 1 amide bonds. The van der Waals surface area contributed by atoms with E-state index in [0.29, 0.717) is 24.2 Å². The number of ether oxygens (including phenoxy) is 1. The fraction of sp³-hybridized carbons (Fsp3) is 0.800. The van der Waals surface area contributed by atoms with Crippen LogP contribution in [0.4, 0.5) is 0 Å². The molecule has 3 heterocycles. The first kappa shape index (κ1) is 19.1. The maximum absolute atomic E-state index is 12.3. The summed E-state index contributed by atoms with van der Waals surface area (Å²) in [4.78, 5) is 21.0. The molecule has 1 atom stereocenters. The van der Waals surface area contributed by atoms with Crippen LogP contribution in [0.25, 0.3) is 0 Å². The number of hydrogen-bond acceptors (Lipinski definition) is 7. The molecule has 1 unspecified atom stereocenters. The van der Waals surface area contributed by atoms with Crippen LogP contribution in [0.15, 0.2) is 4.52 Å². The fourth-order valence-corrected chi connectivity index (χ4v) is 2.86. The molecule has 0 aliphatic carbocycles. The minimum atomic E-state index is -0.166. The molecule has 2 fully saturated rings. The molecule has 136 valence electrons. The largest absolute Gasteiger partial charge is 0.374 e. The highest BCUT2D eigenvalue weighted by Gasteiger charge is 2.30. The van der Waals surface area contributed by atoms with Gasteiger partial charge in [-0.2, -0.15) is 4.98 Å². The zero-order valence-electron chi connectivity index (χ0n) is 14.2. The van der Waals surface area contributed by atoms with Gasteiger partial charge in [-0.3, -0.25) is 9.69 Å². The number of aromatic nitrogens is 2. The van der Waals surface area contributed by atoms with Crippen molar-refractivity contribution >= 4 is 18.3 Å². The van der Waals surface area contributed by atoms with Crippen LogP contribution in [0.1, 0.15) is 31.2 Å². The van der Waals surface area contributed by atoms with Gasteiger partial charge in [-0.25, -0.2) is 0 Å². The van der Waals surface area contributed by atoms with Crippen molar-refractivity contribution in [2.75, 3.05) is 46.4 Å². The quantitative estimate of drug-likeness (QED) is 0.817. The number of carbonyl (C=O) groups is 1. The predicted molar refractivity (Wildman–Crippen MR) is 89.8 cm³/mol. The SMILES string of the molecule is COC(C)c1noc(CN2CCCN(C(=O)C3CNC3)CC2)n1.Cl. The first-order valence-corrected chi connectivity index (χ1v) is 8.24. The summed E-state index contributed by atoms with van der Waals surface area (Å²) in [5.41, 5.74) is 0. The van der Waals surface area contributed by atoms with Crippen molar-refractivity contribution in [3.05, 3.63) is 11.7 Å². The molecule has 0 spiro atoms. The van der Waals surface area contributed by atoms with E-state index in [9.17, 15) is 4.79 Å². The van der Waals surface area contributed by atoms with E-state index in [1.54, 1.807) is 7.11 Å². The van der Waals surface area contributed by atoms with Crippen LogP contribution in [0, 0.1) is 5.92 Å². The van der Waals surface area contributed by atoms with E-state index in [1.807, 2.05) is 11.8 Å². The highest BCUT2D eigenvalue weighted by molar-refractivity contribution is 5.85. The number of amides is 1. The lowest BCUT2D eigenvalue weighted by molar-refractivity contribution is -0.136. The summed E-state index contributed by atoms with van der Waals surface area (Å²) in [6.07, 6.45) is 0.808. The molecular formula is C15H26ClN5O3. The van der Waals surface area contributed by atoms with Gasteiger partial charge in [0.15, 0.2) is 5.82 Å². The minimum Gasteiger partial charge on any atom is -0.374 e. The molecule has 3 rings (SSSR count). The fourth-order valence-electron chi connectivity index (χ4n) is 2.86. The molecule has 0 radical (unpaired) electrons. The Morgan fingerprint density at radius 2 is 2.17 bits per heavy atom. The van der Waals surface area contributed by atoms with Gasteiger partial charge in [-0.1, -0.05) is 5.16 Å². The van der Waals surface area contributed by atoms with Gasteiger partial charge in [-0.05, 0) is 13.3 Å². The average Bonchev–Trinajstić information content (AvgIpc) is 2.83. The maximum atomic E-state index is 12.3. The number of carbonyl (C=O) groups excluding carboxylic acids is 1. The zero-order valence-corrected chi connectivity index (χ0v) is 15.0. The number of rotatable bonds is 5. The molecule has 24 heavy (non-hydrogen) atoms. The normalized spacial score (nSPS) is 20.8. The minimum absolute atomic E-state index is 0. The molecule has 8 nitrogen and oxygen atoms in total. The first-order chi connectivity index (χ1) is 11.2. The van der Waals surface area contributed by atoms with Crippen LogP contribution in [0.3, 0.4) is 0 Å². The summed E-state index contributed by atoms with van der Waals surface area (Å²) in [5, 5.41) is 7.11. The summed E-state index contributed by atoms with van der Waals surface area (Å²) >= 11 is 0. The van der Waals surface area contributed by atoms with Gasteiger partial charge in [0, 0.05) is 46.4 Å². The zero-order chi connectivity index (χ0) is 16.2. The van der Waals surface area contributed by atoms with Crippen LogP contribution in [0.2, 0.25) is 0 Å². The Bertz CT molecular complexity index is 537. The van der Waals surface area contributed by atoms with E-state index in [4.69, 9.17) is 9.26 Å². The Labute approximate surface area is 148 Å². The molecule has 0 saturated carbocycles. The molecule has 2 aliphatic rings. The summed E-state index contributed by atoms with van der Waals surface area (Å²) in [7, 11) is 1.62. The standard InChI is InChI=1S/C15H25N5O3.ClH/c1-11(22-2)14-17-13(23-18-14)10-19-4-3-5-20(7-6-19)15(21)12-8-16-9-12;/h11-12,16H,3-10H2,1-2H3;1H. The van der Waals surface area contributed by atoms with Crippen molar-refractivity contribution in [2.45, 2.75) is 26.0 Å². The number of nitrogens with zero attached hydrogens (tertiary/aromatic N) is 4.